The Morgan fingerprint density at radius 1 is 1.35 bits per heavy atom. The van der Waals surface area contributed by atoms with E-state index in [1.54, 1.807) is 49.7 Å². The van der Waals surface area contributed by atoms with E-state index in [9.17, 15) is 19.1 Å². The van der Waals surface area contributed by atoms with Crippen molar-refractivity contribution in [1.82, 2.24) is 9.78 Å². The van der Waals surface area contributed by atoms with E-state index < -0.39 is 20.7 Å². The highest BCUT2D eigenvalue weighted by Gasteiger charge is 2.21. The SMILES string of the molecule is CCOC(=O)N=S(C)(=O)c1ccc(Cn2nc(C)c([N+](=O)[O-])c2C)cc1. The first-order valence-corrected chi connectivity index (χ1v) is 9.74. The summed E-state index contributed by atoms with van der Waals surface area (Å²) in [6.45, 7) is 5.37. The zero-order valence-corrected chi connectivity index (χ0v) is 15.8. The van der Waals surface area contributed by atoms with E-state index >= 15 is 0 Å². The number of benzene rings is 1. The molecule has 0 aliphatic heterocycles. The molecule has 0 fully saturated rings. The smallest absolute Gasteiger partial charge is 0.442 e. The number of aromatic nitrogens is 2. The maximum absolute atomic E-state index is 12.6. The second-order valence-corrected chi connectivity index (χ2v) is 7.93. The number of carbonyl (C=O) groups excluding carboxylic acids is 1. The minimum atomic E-state index is -2.90. The molecule has 0 aliphatic carbocycles. The molecule has 1 atom stereocenters. The van der Waals surface area contributed by atoms with Crippen LogP contribution in [0.15, 0.2) is 33.5 Å². The second-order valence-electron chi connectivity index (χ2n) is 5.67. The Labute approximate surface area is 151 Å². The van der Waals surface area contributed by atoms with Crippen molar-refractivity contribution in [3.8, 4) is 0 Å². The van der Waals surface area contributed by atoms with Gasteiger partial charge in [0.15, 0.2) is 0 Å². The fourth-order valence-corrected chi connectivity index (χ4v) is 3.55. The fourth-order valence-electron chi connectivity index (χ4n) is 2.47. The van der Waals surface area contributed by atoms with Crippen molar-refractivity contribution in [3.63, 3.8) is 0 Å². The van der Waals surface area contributed by atoms with Crippen LogP contribution in [0.5, 0.6) is 0 Å². The minimum Gasteiger partial charge on any atom is -0.448 e. The normalized spacial score (nSPS) is 13.1. The third-order valence-electron chi connectivity index (χ3n) is 3.74. The lowest BCUT2D eigenvalue weighted by molar-refractivity contribution is -0.386. The van der Waals surface area contributed by atoms with E-state index in [2.05, 4.69) is 9.46 Å². The molecule has 1 amide bonds. The lowest BCUT2D eigenvalue weighted by Crippen LogP contribution is -2.06. The number of rotatable bonds is 5. The Morgan fingerprint density at radius 2 is 1.96 bits per heavy atom. The Hall–Kier alpha value is -2.75. The van der Waals surface area contributed by atoms with Crippen LogP contribution in [-0.2, 0) is 21.0 Å². The maximum Gasteiger partial charge on any atom is 0.442 e. The average molecular weight is 380 g/mol. The first-order valence-electron chi connectivity index (χ1n) is 7.82. The van der Waals surface area contributed by atoms with Crippen LogP contribution in [0.4, 0.5) is 10.5 Å². The lowest BCUT2D eigenvalue weighted by Gasteiger charge is -2.07. The molecule has 1 aromatic heterocycles. The van der Waals surface area contributed by atoms with Crippen molar-refractivity contribution in [2.75, 3.05) is 12.9 Å². The summed E-state index contributed by atoms with van der Waals surface area (Å²) in [6, 6.07) is 6.67. The molecule has 26 heavy (non-hydrogen) atoms. The van der Waals surface area contributed by atoms with E-state index in [-0.39, 0.29) is 12.3 Å². The number of nitrogens with zero attached hydrogens (tertiary/aromatic N) is 4. The predicted molar refractivity (Wildman–Crippen MR) is 95.7 cm³/mol. The van der Waals surface area contributed by atoms with Crippen LogP contribution >= 0.6 is 0 Å². The van der Waals surface area contributed by atoms with Gasteiger partial charge < -0.3 is 4.74 Å². The second kappa shape index (κ2) is 7.65. The van der Waals surface area contributed by atoms with Crippen molar-refractivity contribution in [2.45, 2.75) is 32.2 Å². The minimum absolute atomic E-state index is 0.00596. The molecule has 0 aliphatic rings. The standard InChI is InChI=1S/C16H20N4O5S/c1-5-25-16(21)18-26(4,24)14-8-6-13(7-9-14)10-19-12(3)15(20(22)23)11(2)17-19/h6-9H,5,10H2,1-4H3. The predicted octanol–water partition coefficient (Wildman–Crippen LogP) is 3.07. The summed E-state index contributed by atoms with van der Waals surface area (Å²) in [5, 5.41) is 15.3. The van der Waals surface area contributed by atoms with E-state index in [0.29, 0.717) is 22.8 Å². The zero-order valence-electron chi connectivity index (χ0n) is 15.0. The van der Waals surface area contributed by atoms with Crippen LogP contribution in [-0.4, -0.2) is 37.9 Å². The van der Waals surface area contributed by atoms with Crippen LogP contribution in [0.2, 0.25) is 0 Å². The van der Waals surface area contributed by atoms with E-state index in [4.69, 9.17) is 4.74 Å². The van der Waals surface area contributed by atoms with Gasteiger partial charge in [0.25, 0.3) is 0 Å². The maximum atomic E-state index is 12.6. The van der Waals surface area contributed by atoms with Crippen molar-refractivity contribution in [2.24, 2.45) is 4.36 Å². The Bertz CT molecular complexity index is 956. The summed E-state index contributed by atoms with van der Waals surface area (Å²) in [5.41, 5.74) is 1.65. The van der Waals surface area contributed by atoms with Crippen molar-refractivity contribution < 1.29 is 18.7 Å². The molecule has 1 aromatic carbocycles. The number of hydrogen-bond donors (Lipinski definition) is 0. The van der Waals surface area contributed by atoms with E-state index in [1.807, 2.05) is 0 Å². The molecule has 0 radical (unpaired) electrons. The number of aryl methyl sites for hydroxylation is 1. The molecule has 0 saturated carbocycles. The summed E-state index contributed by atoms with van der Waals surface area (Å²) < 4.78 is 22.4. The number of carbonyl (C=O) groups is 1. The largest absolute Gasteiger partial charge is 0.448 e. The van der Waals surface area contributed by atoms with Crippen LogP contribution in [0, 0.1) is 24.0 Å². The molecular weight excluding hydrogens is 360 g/mol. The first kappa shape index (κ1) is 19.6. The fraction of sp³-hybridized carbons (Fsp3) is 0.375. The Morgan fingerprint density at radius 3 is 2.46 bits per heavy atom. The van der Waals surface area contributed by atoms with Gasteiger partial charge in [0.1, 0.15) is 11.4 Å². The quantitative estimate of drug-likeness (QED) is 0.581. The molecule has 2 rings (SSSR count). The van der Waals surface area contributed by atoms with Crippen LogP contribution < -0.4 is 0 Å². The lowest BCUT2D eigenvalue weighted by atomic mass is 10.2. The highest BCUT2D eigenvalue weighted by Crippen LogP contribution is 2.23. The van der Waals surface area contributed by atoms with Gasteiger partial charge in [-0.2, -0.15) is 5.10 Å². The van der Waals surface area contributed by atoms with E-state index in [0.717, 1.165) is 5.56 Å². The van der Waals surface area contributed by atoms with Gasteiger partial charge in [0.05, 0.1) is 27.8 Å². The molecule has 140 valence electrons. The molecule has 1 unspecified atom stereocenters. The number of nitro groups is 1. The summed E-state index contributed by atoms with van der Waals surface area (Å²) in [6.07, 6.45) is 0.502. The van der Waals surface area contributed by atoms with Crippen molar-refractivity contribution in [1.29, 1.82) is 0 Å². The number of ether oxygens (including phenoxy) is 1. The highest BCUT2D eigenvalue weighted by atomic mass is 32.2. The topological polar surface area (TPSA) is 117 Å². The Balaban J connectivity index is 2.26. The first-order chi connectivity index (χ1) is 12.2. The summed E-state index contributed by atoms with van der Waals surface area (Å²) in [5.74, 6) is 0. The highest BCUT2D eigenvalue weighted by molar-refractivity contribution is 7.93. The molecule has 1 heterocycles. The monoisotopic (exact) mass is 380 g/mol. The van der Waals surface area contributed by atoms with Crippen molar-refractivity contribution >= 4 is 21.5 Å². The van der Waals surface area contributed by atoms with Gasteiger partial charge in [0, 0.05) is 11.2 Å². The molecule has 0 N–H and O–H groups in total. The number of hydrogen-bond acceptors (Lipinski definition) is 6. The summed E-state index contributed by atoms with van der Waals surface area (Å²) in [4.78, 5) is 22.5. The molecular formula is C16H20N4O5S. The van der Waals surface area contributed by atoms with Gasteiger partial charge in [-0.15, -0.1) is 4.36 Å². The molecule has 9 nitrogen and oxygen atoms in total. The molecule has 0 bridgehead atoms. The van der Waals surface area contributed by atoms with Crippen LogP contribution in [0.25, 0.3) is 0 Å². The van der Waals surface area contributed by atoms with Gasteiger partial charge in [-0.1, -0.05) is 12.1 Å². The van der Waals surface area contributed by atoms with Crippen LogP contribution in [0.3, 0.4) is 0 Å². The molecule has 10 heteroatoms. The van der Waals surface area contributed by atoms with Gasteiger partial charge in [-0.25, -0.2) is 9.00 Å². The van der Waals surface area contributed by atoms with Gasteiger partial charge in [-0.3, -0.25) is 14.8 Å². The van der Waals surface area contributed by atoms with Gasteiger partial charge >= 0.3 is 11.8 Å². The third-order valence-corrected chi connectivity index (χ3v) is 5.38. The summed E-state index contributed by atoms with van der Waals surface area (Å²) in [7, 11) is -2.90. The Kier molecular flexibility index (Phi) is 5.76. The zero-order chi connectivity index (χ0) is 19.5. The summed E-state index contributed by atoms with van der Waals surface area (Å²) >= 11 is 0. The number of amides is 1. The van der Waals surface area contributed by atoms with Gasteiger partial charge in [-0.05, 0) is 38.5 Å². The third kappa shape index (κ3) is 4.26. The average Bonchev–Trinajstić information content (AvgIpc) is 2.81. The molecule has 0 spiro atoms. The molecule has 0 saturated heterocycles. The van der Waals surface area contributed by atoms with Gasteiger partial charge in [0.2, 0.25) is 0 Å². The van der Waals surface area contributed by atoms with E-state index in [1.165, 1.54) is 6.26 Å². The van der Waals surface area contributed by atoms with Crippen molar-refractivity contribution in [3.05, 3.63) is 51.3 Å². The molecule has 2 aromatic rings. The van der Waals surface area contributed by atoms with Crippen LogP contribution in [0.1, 0.15) is 23.9 Å².